The van der Waals surface area contributed by atoms with Crippen molar-refractivity contribution < 1.29 is 9.53 Å². The van der Waals surface area contributed by atoms with Gasteiger partial charge in [-0.05, 0) is 35.9 Å². The van der Waals surface area contributed by atoms with Crippen LogP contribution in [0.2, 0.25) is 0 Å². The summed E-state index contributed by atoms with van der Waals surface area (Å²) < 4.78 is 6.63. The van der Waals surface area contributed by atoms with E-state index in [1.54, 1.807) is 41.5 Å². The highest BCUT2D eigenvalue weighted by Crippen LogP contribution is 2.19. The lowest BCUT2D eigenvalue weighted by Crippen LogP contribution is -2.03. The lowest BCUT2D eigenvalue weighted by atomic mass is 10.1. The van der Waals surface area contributed by atoms with Crippen LogP contribution >= 0.6 is 0 Å². The van der Waals surface area contributed by atoms with Crippen molar-refractivity contribution >= 4 is 17.6 Å². The summed E-state index contributed by atoms with van der Waals surface area (Å²) in [5.74, 6) is -0.399. The number of aromatic nitrogens is 3. The van der Waals surface area contributed by atoms with Crippen LogP contribution in [0.3, 0.4) is 0 Å². The van der Waals surface area contributed by atoms with Crippen molar-refractivity contribution in [3.8, 4) is 5.69 Å². The highest BCUT2D eigenvalue weighted by molar-refractivity contribution is 6.21. The van der Waals surface area contributed by atoms with Crippen molar-refractivity contribution in [1.82, 2.24) is 14.8 Å². The second-order valence-electron chi connectivity index (χ2n) is 4.84. The van der Waals surface area contributed by atoms with E-state index < -0.39 is 5.97 Å². The molecule has 2 aromatic heterocycles. The van der Waals surface area contributed by atoms with E-state index in [4.69, 9.17) is 4.74 Å². The van der Waals surface area contributed by atoms with E-state index >= 15 is 0 Å². The van der Waals surface area contributed by atoms with Gasteiger partial charge in [-0.25, -0.2) is 9.48 Å². The SMILES string of the molecule is COC(=O)C(=Cc1cnn(-c2ccccc2)c1)c1ccncc1. The standard InChI is InChI=1S/C18H15N3O2/c1-23-18(22)17(15-7-9-19-10-8-15)11-14-12-20-21(13-14)16-5-3-2-4-6-16/h2-13H,1H3. The number of para-hydroxylation sites is 1. The first-order chi connectivity index (χ1) is 11.3. The maximum Gasteiger partial charge on any atom is 0.338 e. The Morgan fingerprint density at radius 2 is 1.87 bits per heavy atom. The summed E-state index contributed by atoms with van der Waals surface area (Å²) in [5, 5.41) is 4.33. The Kier molecular flexibility index (Phi) is 4.29. The second kappa shape index (κ2) is 6.70. The second-order valence-corrected chi connectivity index (χ2v) is 4.84. The number of benzene rings is 1. The molecule has 0 saturated heterocycles. The summed E-state index contributed by atoms with van der Waals surface area (Å²) in [4.78, 5) is 16.0. The molecule has 0 atom stereocenters. The quantitative estimate of drug-likeness (QED) is 0.549. The van der Waals surface area contributed by atoms with Crippen molar-refractivity contribution in [2.75, 3.05) is 7.11 Å². The molecule has 0 N–H and O–H groups in total. The minimum absolute atomic E-state index is 0.399. The van der Waals surface area contributed by atoms with Crippen LogP contribution in [0.5, 0.6) is 0 Å². The van der Waals surface area contributed by atoms with Gasteiger partial charge in [0.1, 0.15) is 0 Å². The van der Waals surface area contributed by atoms with Gasteiger partial charge in [0.05, 0.1) is 24.6 Å². The van der Waals surface area contributed by atoms with E-state index in [9.17, 15) is 4.79 Å². The molecule has 1 aromatic carbocycles. The van der Waals surface area contributed by atoms with Gasteiger partial charge in [0.2, 0.25) is 0 Å². The molecule has 3 aromatic rings. The van der Waals surface area contributed by atoms with Gasteiger partial charge in [-0.15, -0.1) is 0 Å². The molecule has 3 rings (SSSR count). The monoisotopic (exact) mass is 305 g/mol. The Balaban J connectivity index is 1.98. The van der Waals surface area contributed by atoms with Crippen LogP contribution in [0, 0.1) is 0 Å². The van der Waals surface area contributed by atoms with E-state index in [1.807, 2.05) is 36.5 Å². The fourth-order valence-electron chi connectivity index (χ4n) is 2.20. The first-order valence-corrected chi connectivity index (χ1v) is 7.08. The third-order valence-corrected chi connectivity index (χ3v) is 3.33. The molecule has 5 heteroatoms. The predicted octanol–water partition coefficient (Wildman–Crippen LogP) is 2.98. The van der Waals surface area contributed by atoms with Gasteiger partial charge in [-0.2, -0.15) is 5.10 Å². The first kappa shape index (κ1) is 14.7. The van der Waals surface area contributed by atoms with E-state index in [-0.39, 0.29) is 0 Å². The Hall–Kier alpha value is -3.21. The van der Waals surface area contributed by atoms with Crippen LogP contribution in [0.25, 0.3) is 17.3 Å². The minimum Gasteiger partial charge on any atom is -0.465 e. The summed E-state index contributed by atoms with van der Waals surface area (Å²) in [6.07, 6.45) is 8.60. The van der Waals surface area contributed by atoms with Crippen LogP contribution in [0.15, 0.2) is 67.3 Å². The summed E-state index contributed by atoms with van der Waals surface area (Å²) in [6.45, 7) is 0. The molecular formula is C18H15N3O2. The molecule has 0 aliphatic rings. The molecule has 0 spiro atoms. The number of hydrogen-bond donors (Lipinski definition) is 0. The zero-order valence-electron chi connectivity index (χ0n) is 12.6. The Morgan fingerprint density at radius 1 is 1.13 bits per heavy atom. The molecule has 0 bridgehead atoms. The van der Waals surface area contributed by atoms with Crippen LogP contribution in [-0.4, -0.2) is 27.8 Å². The smallest absolute Gasteiger partial charge is 0.338 e. The summed E-state index contributed by atoms with van der Waals surface area (Å²) in [5.41, 5.74) is 2.98. The average molecular weight is 305 g/mol. The number of ether oxygens (including phenoxy) is 1. The Labute approximate surface area is 133 Å². The third-order valence-electron chi connectivity index (χ3n) is 3.33. The predicted molar refractivity (Wildman–Crippen MR) is 87.7 cm³/mol. The zero-order chi connectivity index (χ0) is 16.1. The lowest BCUT2D eigenvalue weighted by molar-refractivity contribution is -0.133. The van der Waals surface area contributed by atoms with Crippen molar-refractivity contribution in [2.45, 2.75) is 0 Å². The maximum atomic E-state index is 12.1. The molecule has 5 nitrogen and oxygen atoms in total. The number of nitrogens with zero attached hydrogens (tertiary/aromatic N) is 3. The normalized spacial score (nSPS) is 11.3. The maximum absolute atomic E-state index is 12.1. The summed E-state index contributed by atoms with van der Waals surface area (Å²) in [7, 11) is 1.37. The van der Waals surface area contributed by atoms with Crippen LogP contribution in [0.1, 0.15) is 11.1 Å². The minimum atomic E-state index is -0.399. The zero-order valence-corrected chi connectivity index (χ0v) is 12.6. The lowest BCUT2D eigenvalue weighted by Gasteiger charge is -2.04. The number of pyridine rings is 1. The van der Waals surface area contributed by atoms with Gasteiger partial charge in [0.15, 0.2) is 0 Å². The van der Waals surface area contributed by atoms with E-state index in [0.29, 0.717) is 5.57 Å². The molecule has 23 heavy (non-hydrogen) atoms. The molecule has 0 unspecified atom stereocenters. The molecule has 0 aliphatic carbocycles. The molecular weight excluding hydrogens is 290 g/mol. The van der Waals surface area contributed by atoms with Gasteiger partial charge in [0, 0.05) is 24.2 Å². The molecule has 0 radical (unpaired) electrons. The van der Waals surface area contributed by atoms with Gasteiger partial charge in [-0.3, -0.25) is 4.98 Å². The number of rotatable bonds is 4. The largest absolute Gasteiger partial charge is 0.465 e. The number of esters is 1. The average Bonchev–Trinajstić information content (AvgIpc) is 3.09. The van der Waals surface area contributed by atoms with Crippen molar-refractivity contribution in [1.29, 1.82) is 0 Å². The number of methoxy groups -OCH3 is 1. The van der Waals surface area contributed by atoms with Gasteiger partial charge >= 0.3 is 5.97 Å². The molecule has 114 valence electrons. The molecule has 0 amide bonds. The van der Waals surface area contributed by atoms with Gasteiger partial charge < -0.3 is 4.74 Å². The number of carbonyl (C=O) groups is 1. The van der Waals surface area contributed by atoms with Crippen molar-refractivity contribution in [2.24, 2.45) is 0 Å². The Morgan fingerprint density at radius 3 is 2.57 bits per heavy atom. The highest BCUT2D eigenvalue weighted by Gasteiger charge is 2.13. The van der Waals surface area contributed by atoms with Gasteiger partial charge in [-0.1, -0.05) is 18.2 Å². The van der Waals surface area contributed by atoms with Crippen LogP contribution in [-0.2, 0) is 9.53 Å². The molecule has 0 fully saturated rings. The molecule has 0 aliphatic heterocycles. The van der Waals surface area contributed by atoms with E-state index in [0.717, 1.165) is 16.8 Å². The summed E-state index contributed by atoms with van der Waals surface area (Å²) in [6, 6.07) is 13.3. The molecule has 2 heterocycles. The fraction of sp³-hybridized carbons (Fsp3) is 0.0556. The third kappa shape index (κ3) is 3.35. The van der Waals surface area contributed by atoms with Crippen molar-refractivity contribution in [3.05, 3.63) is 78.4 Å². The van der Waals surface area contributed by atoms with Crippen molar-refractivity contribution in [3.63, 3.8) is 0 Å². The molecule has 0 saturated carbocycles. The van der Waals surface area contributed by atoms with Crippen LogP contribution in [0.4, 0.5) is 0 Å². The van der Waals surface area contributed by atoms with E-state index in [1.165, 1.54) is 7.11 Å². The summed E-state index contributed by atoms with van der Waals surface area (Å²) >= 11 is 0. The van der Waals surface area contributed by atoms with Crippen LogP contribution < -0.4 is 0 Å². The first-order valence-electron chi connectivity index (χ1n) is 7.08. The Bertz CT molecular complexity index is 824. The number of hydrogen-bond acceptors (Lipinski definition) is 4. The van der Waals surface area contributed by atoms with E-state index in [2.05, 4.69) is 10.1 Å². The highest BCUT2D eigenvalue weighted by atomic mass is 16.5. The van der Waals surface area contributed by atoms with Gasteiger partial charge in [0.25, 0.3) is 0 Å². The topological polar surface area (TPSA) is 57.0 Å². The number of carbonyl (C=O) groups excluding carboxylic acids is 1. The fourth-order valence-corrected chi connectivity index (χ4v) is 2.20.